The van der Waals surface area contributed by atoms with Gasteiger partial charge in [-0.15, -0.1) is 10.2 Å². The Morgan fingerprint density at radius 3 is 0.948 bits per heavy atom. The quantitative estimate of drug-likeness (QED) is 0.135. The van der Waals surface area contributed by atoms with Crippen LogP contribution in [0, 0.1) is 0 Å². The van der Waals surface area contributed by atoms with Crippen LogP contribution < -0.4 is 0 Å². The second-order valence-corrected chi connectivity index (χ2v) is 18.3. The molecular weight excluding hydrogens is 762 g/mol. The van der Waals surface area contributed by atoms with Crippen molar-refractivity contribution in [3.8, 4) is 11.5 Å². The summed E-state index contributed by atoms with van der Waals surface area (Å²) in [6, 6.07) is 6.52. The number of ketones is 2. The van der Waals surface area contributed by atoms with Crippen LogP contribution in [0.25, 0.3) is 0 Å². The van der Waals surface area contributed by atoms with Crippen LogP contribution in [0.5, 0.6) is 11.5 Å². The van der Waals surface area contributed by atoms with Gasteiger partial charge >= 0.3 is 12.4 Å². The predicted molar refractivity (Wildman–Crippen MR) is 216 cm³/mol. The highest BCUT2D eigenvalue weighted by atomic mass is 19.4. The highest BCUT2D eigenvalue weighted by molar-refractivity contribution is 6.52. The zero-order valence-electron chi connectivity index (χ0n) is 34.5. The van der Waals surface area contributed by atoms with Crippen molar-refractivity contribution in [2.45, 2.75) is 117 Å². The monoisotopic (exact) mass is 810 g/mol. The first kappa shape index (κ1) is 45.3. The van der Waals surface area contributed by atoms with Crippen molar-refractivity contribution in [2.75, 3.05) is 0 Å². The fraction of sp³-hybridized carbons (Fsp3) is 0.409. The summed E-state index contributed by atoms with van der Waals surface area (Å²) in [7, 11) is 0. The molecule has 2 aliphatic rings. The molecular formula is C44H48F6N4O4. The Labute approximate surface area is 334 Å². The molecule has 0 fully saturated rings. The van der Waals surface area contributed by atoms with E-state index in [2.05, 4.69) is 20.4 Å². The molecule has 0 amide bonds. The van der Waals surface area contributed by atoms with E-state index in [0.717, 1.165) is 12.2 Å². The lowest BCUT2D eigenvalue weighted by atomic mass is 9.78. The van der Waals surface area contributed by atoms with Crippen molar-refractivity contribution >= 4 is 35.4 Å². The lowest BCUT2D eigenvalue weighted by Crippen LogP contribution is -2.33. The van der Waals surface area contributed by atoms with E-state index < -0.39 is 79.3 Å². The summed E-state index contributed by atoms with van der Waals surface area (Å²) in [4.78, 5) is 26.6. The number of hydrogen-bond acceptors (Lipinski definition) is 8. The minimum atomic E-state index is -5.47. The third-order valence-electron chi connectivity index (χ3n) is 9.37. The van der Waals surface area contributed by atoms with Crippen LogP contribution in [-0.2, 0) is 31.2 Å². The molecule has 0 spiro atoms. The molecule has 14 heteroatoms. The molecule has 2 aromatic rings. The lowest BCUT2D eigenvalue weighted by molar-refractivity contribution is -0.126. The van der Waals surface area contributed by atoms with Crippen molar-refractivity contribution in [3.63, 3.8) is 0 Å². The normalized spacial score (nSPS) is 18.0. The molecule has 2 aromatic carbocycles. The number of Topliss-reactive ketones (excluding diaryl/α,β-unsaturated/α-hetero) is 2. The van der Waals surface area contributed by atoms with Gasteiger partial charge in [0.2, 0.25) is 11.6 Å². The van der Waals surface area contributed by atoms with E-state index in [1.54, 1.807) is 24.3 Å². The molecule has 0 saturated carbocycles. The first-order valence-electron chi connectivity index (χ1n) is 18.3. The second-order valence-electron chi connectivity index (χ2n) is 18.3. The van der Waals surface area contributed by atoms with Crippen molar-refractivity contribution in [1.82, 2.24) is 0 Å². The highest BCUT2D eigenvalue weighted by Crippen LogP contribution is 2.43. The van der Waals surface area contributed by atoms with Gasteiger partial charge in [0.1, 0.15) is 34.1 Å². The van der Waals surface area contributed by atoms with E-state index in [1.807, 2.05) is 83.1 Å². The Balaban J connectivity index is 1.77. The minimum Gasteiger partial charge on any atom is -0.507 e. The van der Waals surface area contributed by atoms with E-state index in [0.29, 0.717) is 45.5 Å². The zero-order chi connectivity index (χ0) is 44.1. The number of carbonyl (C=O) groups excluding carboxylic acids is 2. The molecule has 2 N–H and O–H groups in total. The third kappa shape index (κ3) is 9.82. The highest BCUT2D eigenvalue weighted by Gasteiger charge is 2.48. The van der Waals surface area contributed by atoms with Gasteiger partial charge in [-0.25, -0.2) is 0 Å². The maximum atomic E-state index is 14.6. The molecule has 0 aliphatic heterocycles. The van der Waals surface area contributed by atoms with Crippen molar-refractivity contribution in [3.05, 3.63) is 104 Å². The molecule has 8 nitrogen and oxygen atoms in total. The lowest BCUT2D eigenvalue weighted by Gasteiger charge is -2.27. The molecule has 0 heterocycles. The third-order valence-corrected chi connectivity index (χ3v) is 9.37. The SMILES string of the molecule is CC(C)(C)c1cc(/C=N/N=C2/C=CC(C3=C(C(F)(F)F)C(=O)/C(=N\N=C\c4cc(C(C)(C)C)c(O)c(C(C)(C)C)c4)C=C3)=C(C(F)(F)F)C2=O)cc(C(C)(C)C)c1O. The first-order valence-corrected chi connectivity index (χ1v) is 18.3. The maximum absolute atomic E-state index is 14.6. The number of phenols is 2. The average molecular weight is 811 g/mol. The largest absolute Gasteiger partial charge is 0.507 e. The summed E-state index contributed by atoms with van der Waals surface area (Å²) in [6.45, 7) is 22.5. The van der Waals surface area contributed by atoms with Crippen molar-refractivity contribution in [2.24, 2.45) is 20.4 Å². The molecule has 0 unspecified atom stereocenters. The number of allylic oxidation sites excluding steroid dienone is 8. The van der Waals surface area contributed by atoms with Crippen molar-refractivity contribution < 1.29 is 46.1 Å². The van der Waals surface area contributed by atoms with Gasteiger partial charge in [-0.2, -0.15) is 36.5 Å². The topological polar surface area (TPSA) is 124 Å². The number of carbonyl (C=O) groups is 2. The fourth-order valence-electron chi connectivity index (χ4n) is 6.38. The van der Waals surface area contributed by atoms with Gasteiger partial charge in [0.25, 0.3) is 0 Å². The van der Waals surface area contributed by atoms with Crippen LogP contribution in [-0.4, -0.2) is 58.0 Å². The van der Waals surface area contributed by atoms with Crippen LogP contribution in [0.3, 0.4) is 0 Å². The van der Waals surface area contributed by atoms with E-state index in [1.165, 1.54) is 12.4 Å². The Hall–Kier alpha value is -5.40. The van der Waals surface area contributed by atoms with Gasteiger partial charge < -0.3 is 10.2 Å². The van der Waals surface area contributed by atoms with Crippen LogP contribution in [0.15, 0.2) is 91.3 Å². The summed E-state index contributed by atoms with van der Waals surface area (Å²) >= 11 is 0. The molecule has 58 heavy (non-hydrogen) atoms. The molecule has 0 radical (unpaired) electrons. The molecule has 0 saturated heterocycles. The summed E-state index contributed by atoms with van der Waals surface area (Å²) in [6.07, 6.45) is -5.69. The Bertz CT molecular complexity index is 2060. The Morgan fingerprint density at radius 1 is 0.466 bits per heavy atom. The maximum Gasteiger partial charge on any atom is 0.420 e. The number of halogens is 6. The number of benzene rings is 2. The predicted octanol–water partition coefficient (Wildman–Crippen LogP) is 10.5. The van der Waals surface area contributed by atoms with E-state index in [-0.39, 0.29) is 11.5 Å². The molecule has 0 bridgehead atoms. The van der Waals surface area contributed by atoms with Gasteiger partial charge in [0.05, 0.1) is 12.4 Å². The number of phenolic OH excluding ortho intramolecular Hbond substituents is 2. The minimum absolute atomic E-state index is 0.0775. The number of nitrogens with zero attached hydrogens (tertiary/aromatic N) is 4. The Morgan fingerprint density at radius 2 is 0.724 bits per heavy atom. The number of alkyl halides is 6. The van der Waals surface area contributed by atoms with Gasteiger partial charge in [0, 0.05) is 22.3 Å². The fourth-order valence-corrected chi connectivity index (χ4v) is 6.38. The zero-order valence-corrected chi connectivity index (χ0v) is 34.5. The number of rotatable bonds is 5. The molecule has 2 aliphatic carbocycles. The summed E-state index contributed by atoms with van der Waals surface area (Å²) < 4.78 is 87.4. The number of aromatic hydroxyl groups is 2. The summed E-state index contributed by atoms with van der Waals surface area (Å²) in [5, 5.41) is 37.0. The molecule has 0 atom stereocenters. The van der Waals surface area contributed by atoms with E-state index >= 15 is 0 Å². The summed E-state index contributed by atoms with van der Waals surface area (Å²) in [5.41, 5.74) is -6.84. The van der Waals surface area contributed by atoms with Crippen LogP contribution in [0.4, 0.5) is 26.3 Å². The van der Waals surface area contributed by atoms with Crippen molar-refractivity contribution in [1.29, 1.82) is 0 Å². The van der Waals surface area contributed by atoms with Gasteiger partial charge in [-0.1, -0.05) is 95.2 Å². The standard InChI is InChI=1S/C44H48F6N4O4/c1-39(2,3)27-17-23(18-28(35(27)55)40(4,5)6)21-51-53-31-15-13-25(33(37(31)57)43(45,46)47)26-14-16-32(38(58)34(26)44(48,49)50)54-52-22-24-19-29(41(7,8)9)36(56)30(20-24)42(10,11)12/h13-22,55-56H,1-12H3/b51-21+,52-22+,53-31-,54-32-. The smallest absolute Gasteiger partial charge is 0.420 e. The van der Waals surface area contributed by atoms with Crippen LogP contribution >= 0.6 is 0 Å². The molecule has 0 aromatic heterocycles. The van der Waals surface area contributed by atoms with E-state index in [9.17, 15) is 46.1 Å². The van der Waals surface area contributed by atoms with Crippen LogP contribution in [0.2, 0.25) is 0 Å². The van der Waals surface area contributed by atoms with Gasteiger partial charge in [-0.05, 0) is 80.4 Å². The average Bonchev–Trinajstić information content (AvgIpc) is 3.03. The Kier molecular flexibility index (Phi) is 12.0. The first-order chi connectivity index (χ1) is 26.2. The number of hydrogen-bond donors (Lipinski definition) is 2. The second kappa shape index (κ2) is 15.4. The van der Waals surface area contributed by atoms with Gasteiger partial charge in [0.15, 0.2) is 0 Å². The summed E-state index contributed by atoms with van der Waals surface area (Å²) in [5.74, 6) is -3.35. The van der Waals surface area contributed by atoms with E-state index in [4.69, 9.17) is 0 Å². The van der Waals surface area contributed by atoms with Gasteiger partial charge in [-0.3, -0.25) is 9.59 Å². The molecule has 4 rings (SSSR count). The van der Waals surface area contributed by atoms with Crippen LogP contribution in [0.1, 0.15) is 116 Å². The molecule has 310 valence electrons.